The lowest BCUT2D eigenvalue weighted by atomic mass is 9.88. The Morgan fingerprint density at radius 2 is 1.74 bits per heavy atom. The van der Waals surface area contributed by atoms with E-state index in [1.54, 1.807) is 4.90 Å². The van der Waals surface area contributed by atoms with Crippen molar-refractivity contribution in [2.45, 2.75) is 71.5 Å². The van der Waals surface area contributed by atoms with Crippen LogP contribution in [0.2, 0.25) is 0 Å². The van der Waals surface area contributed by atoms with E-state index in [4.69, 9.17) is 14.2 Å². The molecule has 1 fully saturated rings. The molecule has 1 aliphatic heterocycles. The second-order valence-electron chi connectivity index (χ2n) is 9.76. The number of likely N-dealkylation sites (tertiary alicyclic amines) is 1. The Labute approximate surface area is 203 Å². The van der Waals surface area contributed by atoms with Gasteiger partial charge in [0, 0.05) is 13.1 Å². The van der Waals surface area contributed by atoms with E-state index in [9.17, 15) is 9.59 Å². The fourth-order valence-corrected chi connectivity index (χ4v) is 3.94. The predicted octanol–water partition coefficient (Wildman–Crippen LogP) is 6.34. The molecule has 0 saturated carbocycles. The lowest BCUT2D eigenvalue weighted by Crippen LogP contribution is -2.41. The van der Waals surface area contributed by atoms with Gasteiger partial charge in [0.25, 0.3) is 0 Å². The first-order valence-corrected chi connectivity index (χ1v) is 12.2. The number of unbranched alkanes of at least 4 members (excludes halogenated alkanes) is 1. The van der Waals surface area contributed by atoms with Gasteiger partial charge in [-0.05, 0) is 69.2 Å². The van der Waals surface area contributed by atoms with Gasteiger partial charge < -0.3 is 19.1 Å². The average Bonchev–Trinajstić information content (AvgIpc) is 2.82. The number of carbonyl (C=O) groups excluding carboxylic acids is 2. The summed E-state index contributed by atoms with van der Waals surface area (Å²) in [5.41, 5.74) is 1.96. The lowest BCUT2D eigenvalue weighted by molar-refractivity contribution is 0.0204. The third-order valence-electron chi connectivity index (χ3n) is 5.81. The minimum absolute atomic E-state index is 0.215. The number of piperidine rings is 1. The summed E-state index contributed by atoms with van der Waals surface area (Å²) in [5.74, 6) is 0.425. The minimum atomic E-state index is -0.503. The molecule has 34 heavy (non-hydrogen) atoms. The Morgan fingerprint density at radius 1 is 1.03 bits per heavy atom. The molecule has 2 aromatic carbocycles. The molecule has 0 atom stereocenters. The molecular weight excluding hydrogens is 430 g/mol. The summed E-state index contributed by atoms with van der Waals surface area (Å²) in [4.78, 5) is 27.2. The number of benzene rings is 2. The normalized spacial score (nSPS) is 14.5. The topological polar surface area (TPSA) is 65.1 Å². The molecule has 0 unspecified atom stereocenters. The van der Waals surface area contributed by atoms with Gasteiger partial charge in [0.15, 0.2) is 0 Å². The summed E-state index contributed by atoms with van der Waals surface area (Å²) in [6.07, 6.45) is 3.29. The second-order valence-corrected chi connectivity index (χ2v) is 9.76. The largest absolute Gasteiger partial charge is 0.493 e. The summed E-state index contributed by atoms with van der Waals surface area (Å²) in [6, 6.07) is 15.5. The standard InChI is InChI=1S/C28H37NO5/c1-5-6-18-32-25-13-12-23(19-24(25)26(30)33-20-21-10-8-7-9-11-21)22-14-16-29(17-15-22)27(31)34-28(2,3)4/h7-13,19,22H,5-6,14-18,20H2,1-4H3. The van der Waals surface area contributed by atoms with E-state index >= 15 is 0 Å². The van der Waals surface area contributed by atoms with E-state index in [1.165, 1.54) is 0 Å². The van der Waals surface area contributed by atoms with Gasteiger partial charge in [-0.2, -0.15) is 0 Å². The minimum Gasteiger partial charge on any atom is -0.493 e. The highest BCUT2D eigenvalue weighted by atomic mass is 16.6. The van der Waals surface area contributed by atoms with Crippen molar-refractivity contribution in [1.82, 2.24) is 4.90 Å². The molecule has 0 aliphatic carbocycles. The van der Waals surface area contributed by atoms with Gasteiger partial charge in [-0.1, -0.05) is 49.7 Å². The molecule has 0 N–H and O–H groups in total. The molecule has 0 aromatic heterocycles. The molecule has 2 aromatic rings. The van der Waals surface area contributed by atoms with Crippen molar-refractivity contribution in [3.8, 4) is 5.75 Å². The summed E-state index contributed by atoms with van der Waals surface area (Å²) < 4.78 is 17.0. The van der Waals surface area contributed by atoms with Crippen LogP contribution in [0.15, 0.2) is 48.5 Å². The van der Waals surface area contributed by atoms with Crippen molar-refractivity contribution in [2.24, 2.45) is 0 Å². The number of hydrogen-bond acceptors (Lipinski definition) is 5. The van der Waals surface area contributed by atoms with Gasteiger partial charge in [-0.15, -0.1) is 0 Å². The van der Waals surface area contributed by atoms with Crippen LogP contribution in [0.25, 0.3) is 0 Å². The van der Waals surface area contributed by atoms with Crippen LogP contribution in [-0.4, -0.2) is 42.3 Å². The third kappa shape index (κ3) is 7.51. The molecule has 184 valence electrons. The zero-order chi connectivity index (χ0) is 24.6. The SMILES string of the molecule is CCCCOc1ccc(C2CCN(C(=O)OC(C)(C)C)CC2)cc1C(=O)OCc1ccccc1. The Morgan fingerprint density at radius 3 is 2.38 bits per heavy atom. The van der Waals surface area contributed by atoms with Crippen LogP contribution in [0.4, 0.5) is 4.79 Å². The highest BCUT2D eigenvalue weighted by molar-refractivity contribution is 5.92. The molecule has 1 aliphatic rings. The fourth-order valence-electron chi connectivity index (χ4n) is 3.94. The molecule has 6 heteroatoms. The number of hydrogen-bond donors (Lipinski definition) is 0. The first-order valence-electron chi connectivity index (χ1n) is 12.2. The van der Waals surface area contributed by atoms with E-state index in [-0.39, 0.29) is 24.6 Å². The number of nitrogens with zero attached hydrogens (tertiary/aromatic N) is 1. The summed E-state index contributed by atoms with van der Waals surface area (Å²) in [7, 11) is 0. The van der Waals surface area contributed by atoms with Crippen LogP contribution in [0.1, 0.15) is 80.8 Å². The lowest BCUT2D eigenvalue weighted by Gasteiger charge is -2.33. The number of rotatable bonds is 8. The maximum Gasteiger partial charge on any atom is 0.410 e. The quantitative estimate of drug-likeness (QED) is 0.335. The smallest absolute Gasteiger partial charge is 0.410 e. The highest BCUT2D eigenvalue weighted by Gasteiger charge is 2.28. The first kappa shape index (κ1) is 25.6. The van der Waals surface area contributed by atoms with E-state index < -0.39 is 5.60 Å². The molecule has 6 nitrogen and oxygen atoms in total. The molecule has 1 saturated heterocycles. The molecule has 0 spiro atoms. The van der Waals surface area contributed by atoms with E-state index in [1.807, 2.05) is 69.3 Å². The number of esters is 1. The van der Waals surface area contributed by atoms with Crippen LogP contribution in [-0.2, 0) is 16.1 Å². The van der Waals surface area contributed by atoms with Crippen molar-refractivity contribution in [2.75, 3.05) is 19.7 Å². The molecule has 0 bridgehead atoms. The van der Waals surface area contributed by atoms with Crippen LogP contribution >= 0.6 is 0 Å². The van der Waals surface area contributed by atoms with Crippen molar-refractivity contribution in [1.29, 1.82) is 0 Å². The first-order chi connectivity index (χ1) is 16.3. The van der Waals surface area contributed by atoms with Crippen molar-refractivity contribution < 1.29 is 23.8 Å². The zero-order valence-corrected chi connectivity index (χ0v) is 20.8. The Balaban J connectivity index is 1.69. The van der Waals surface area contributed by atoms with Gasteiger partial charge >= 0.3 is 12.1 Å². The molecule has 0 radical (unpaired) electrons. The number of ether oxygens (including phenoxy) is 3. The molecule has 1 amide bonds. The maximum atomic E-state index is 13.0. The fraction of sp³-hybridized carbons (Fsp3) is 0.500. The third-order valence-corrected chi connectivity index (χ3v) is 5.81. The highest BCUT2D eigenvalue weighted by Crippen LogP contribution is 2.32. The second kappa shape index (κ2) is 11.9. The van der Waals surface area contributed by atoms with Crippen LogP contribution in [0.3, 0.4) is 0 Å². The molecular formula is C28H37NO5. The number of amides is 1. The van der Waals surface area contributed by atoms with Crippen molar-refractivity contribution >= 4 is 12.1 Å². The molecule has 1 heterocycles. The van der Waals surface area contributed by atoms with Gasteiger partial charge in [-0.25, -0.2) is 9.59 Å². The van der Waals surface area contributed by atoms with Crippen LogP contribution in [0, 0.1) is 0 Å². The van der Waals surface area contributed by atoms with Gasteiger partial charge in [0.05, 0.1) is 6.61 Å². The van der Waals surface area contributed by atoms with E-state index in [0.29, 0.717) is 31.0 Å². The Hall–Kier alpha value is -3.02. The maximum absolute atomic E-state index is 13.0. The van der Waals surface area contributed by atoms with Gasteiger partial charge in [0.1, 0.15) is 23.5 Å². The van der Waals surface area contributed by atoms with E-state index in [0.717, 1.165) is 36.8 Å². The summed E-state index contributed by atoms with van der Waals surface area (Å²) >= 11 is 0. The van der Waals surface area contributed by atoms with Crippen molar-refractivity contribution in [3.63, 3.8) is 0 Å². The summed E-state index contributed by atoms with van der Waals surface area (Å²) in [6.45, 7) is 9.76. The monoisotopic (exact) mass is 467 g/mol. The predicted molar refractivity (Wildman–Crippen MR) is 132 cm³/mol. The molecule has 3 rings (SSSR count). The average molecular weight is 468 g/mol. The van der Waals surface area contributed by atoms with Gasteiger partial charge in [0.2, 0.25) is 0 Å². The van der Waals surface area contributed by atoms with Gasteiger partial charge in [-0.3, -0.25) is 0 Å². The summed E-state index contributed by atoms with van der Waals surface area (Å²) in [5, 5.41) is 0. The zero-order valence-electron chi connectivity index (χ0n) is 20.8. The van der Waals surface area contributed by atoms with Crippen LogP contribution < -0.4 is 4.74 Å². The Kier molecular flexibility index (Phi) is 8.97. The van der Waals surface area contributed by atoms with Crippen molar-refractivity contribution in [3.05, 3.63) is 65.2 Å². The van der Waals surface area contributed by atoms with E-state index in [2.05, 4.69) is 6.92 Å². The Bertz CT molecular complexity index is 943. The number of carbonyl (C=O) groups is 2. The van der Waals surface area contributed by atoms with Crippen LogP contribution in [0.5, 0.6) is 5.75 Å².